The van der Waals surface area contributed by atoms with E-state index >= 15 is 0 Å². The standard InChI is InChI=1S/C19H22N4O2S2/c1-12-13(2)27-18-16(12)19(25)22(11-21-18)9-6-15(24)23-8-4-3-5-14(23)17-20-7-10-26-17/h7,10-11,14H,3-6,8-9H2,1-2H3. The van der Waals surface area contributed by atoms with E-state index in [9.17, 15) is 9.59 Å². The van der Waals surface area contributed by atoms with Gasteiger partial charge in [0.15, 0.2) is 0 Å². The summed E-state index contributed by atoms with van der Waals surface area (Å²) in [7, 11) is 0. The van der Waals surface area contributed by atoms with Gasteiger partial charge in [-0.1, -0.05) is 0 Å². The van der Waals surface area contributed by atoms with Gasteiger partial charge in [-0.3, -0.25) is 14.2 Å². The lowest BCUT2D eigenvalue weighted by Gasteiger charge is -2.34. The maximum atomic E-state index is 12.9. The predicted octanol–water partition coefficient (Wildman–Crippen LogP) is 3.68. The number of amides is 1. The lowest BCUT2D eigenvalue weighted by atomic mass is 10.0. The first-order valence-corrected chi connectivity index (χ1v) is 10.9. The van der Waals surface area contributed by atoms with Crippen molar-refractivity contribution >= 4 is 38.8 Å². The van der Waals surface area contributed by atoms with Gasteiger partial charge in [0.1, 0.15) is 9.84 Å². The molecular weight excluding hydrogens is 380 g/mol. The summed E-state index contributed by atoms with van der Waals surface area (Å²) in [4.78, 5) is 38.4. The molecule has 4 rings (SSSR count). The van der Waals surface area contributed by atoms with Gasteiger partial charge in [0.05, 0.1) is 17.8 Å². The van der Waals surface area contributed by atoms with Gasteiger partial charge in [-0.25, -0.2) is 9.97 Å². The van der Waals surface area contributed by atoms with Crippen molar-refractivity contribution in [3.8, 4) is 0 Å². The number of aryl methyl sites for hydroxylation is 3. The molecule has 4 heterocycles. The molecule has 0 spiro atoms. The molecule has 1 aliphatic heterocycles. The first-order chi connectivity index (χ1) is 13.1. The third-order valence-electron chi connectivity index (χ3n) is 5.28. The zero-order chi connectivity index (χ0) is 19.0. The van der Waals surface area contributed by atoms with Crippen molar-refractivity contribution < 1.29 is 4.79 Å². The van der Waals surface area contributed by atoms with E-state index in [1.54, 1.807) is 39.8 Å². The first kappa shape index (κ1) is 18.3. The highest BCUT2D eigenvalue weighted by Crippen LogP contribution is 2.32. The monoisotopic (exact) mass is 402 g/mol. The quantitative estimate of drug-likeness (QED) is 0.668. The third kappa shape index (κ3) is 3.43. The van der Waals surface area contributed by atoms with Crippen LogP contribution in [-0.4, -0.2) is 31.9 Å². The number of rotatable bonds is 4. The number of thiophene rings is 1. The largest absolute Gasteiger partial charge is 0.333 e. The summed E-state index contributed by atoms with van der Waals surface area (Å²) < 4.78 is 1.57. The highest BCUT2D eigenvalue weighted by Gasteiger charge is 2.29. The first-order valence-electron chi connectivity index (χ1n) is 9.20. The minimum absolute atomic E-state index is 0.0511. The molecule has 0 N–H and O–H groups in total. The Hall–Kier alpha value is -2.06. The van der Waals surface area contributed by atoms with Gasteiger partial charge in [-0.15, -0.1) is 22.7 Å². The molecule has 6 nitrogen and oxygen atoms in total. The molecule has 3 aromatic heterocycles. The maximum absolute atomic E-state index is 12.9. The van der Waals surface area contributed by atoms with Crippen LogP contribution in [0.1, 0.15) is 47.2 Å². The van der Waals surface area contributed by atoms with Crippen LogP contribution in [0.15, 0.2) is 22.7 Å². The number of carbonyl (C=O) groups excluding carboxylic acids is 1. The Bertz CT molecular complexity index is 1020. The van der Waals surface area contributed by atoms with Crippen LogP contribution in [0, 0.1) is 13.8 Å². The van der Waals surface area contributed by atoms with Gasteiger partial charge < -0.3 is 4.90 Å². The van der Waals surface area contributed by atoms with Crippen LogP contribution in [0.5, 0.6) is 0 Å². The average Bonchev–Trinajstić information content (AvgIpc) is 3.30. The normalized spacial score (nSPS) is 17.6. The van der Waals surface area contributed by atoms with Gasteiger partial charge in [0, 0.05) is 36.0 Å². The van der Waals surface area contributed by atoms with E-state index in [1.165, 1.54) is 0 Å². The molecule has 1 aliphatic rings. The number of fused-ring (bicyclic) bond motifs is 1. The number of thiazole rings is 1. The van der Waals surface area contributed by atoms with Crippen molar-refractivity contribution in [1.29, 1.82) is 0 Å². The van der Waals surface area contributed by atoms with Crippen molar-refractivity contribution in [1.82, 2.24) is 19.4 Å². The zero-order valence-electron chi connectivity index (χ0n) is 15.5. The second-order valence-corrected chi connectivity index (χ2v) is 9.05. The number of likely N-dealkylation sites (tertiary alicyclic amines) is 1. The van der Waals surface area contributed by atoms with E-state index in [-0.39, 0.29) is 17.5 Å². The Morgan fingerprint density at radius 3 is 2.93 bits per heavy atom. The minimum Gasteiger partial charge on any atom is -0.333 e. The van der Waals surface area contributed by atoms with E-state index in [4.69, 9.17) is 0 Å². The zero-order valence-corrected chi connectivity index (χ0v) is 17.1. The molecule has 1 saturated heterocycles. The number of hydrogen-bond donors (Lipinski definition) is 0. The van der Waals surface area contributed by atoms with Gasteiger partial charge in [0.25, 0.3) is 5.56 Å². The van der Waals surface area contributed by atoms with Crippen LogP contribution in [0.3, 0.4) is 0 Å². The van der Waals surface area contributed by atoms with E-state index in [2.05, 4.69) is 9.97 Å². The summed E-state index contributed by atoms with van der Waals surface area (Å²) in [5.74, 6) is 0.0834. The molecule has 27 heavy (non-hydrogen) atoms. The van der Waals surface area contributed by atoms with Crippen molar-refractivity contribution in [2.75, 3.05) is 6.54 Å². The van der Waals surface area contributed by atoms with E-state index in [1.807, 2.05) is 24.1 Å². The summed E-state index contributed by atoms with van der Waals surface area (Å²) in [5, 5.41) is 3.65. The van der Waals surface area contributed by atoms with Gasteiger partial charge in [0.2, 0.25) is 5.91 Å². The van der Waals surface area contributed by atoms with Crippen LogP contribution in [-0.2, 0) is 11.3 Å². The molecule has 0 bridgehead atoms. The van der Waals surface area contributed by atoms with Crippen molar-refractivity contribution in [2.45, 2.75) is 52.1 Å². The second-order valence-electron chi connectivity index (χ2n) is 6.93. The van der Waals surface area contributed by atoms with Crippen LogP contribution in [0.25, 0.3) is 10.2 Å². The second kappa shape index (κ2) is 7.52. The Morgan fingerprint density at radius 1 is 1.30 bits per heavy atom. The molecule has 8 heteroatoms. The van der Waals surface area contributed by atoms with Crippen molar-refractivity contribution in [2.24, 2.45) is 0 Å². The molecule has 0 aliphatic carbocycles. The van der Waals surface area contributed by atoms with E-state index in [0.717, 1.165) is 46.1 Å². The lowest BCUT2D eigenvalue weighted by Crippen LogP contribution is -2.39. The molecule has 0 aromatic carbocycles. The van der Waals surface area contributed by atoms with Crippen LogP contribution in [0.2, 0.25) is 0 Å². The third-order valence-corrected chi connectivity index (χ3v) is 7.27. The van der Waals surface area contributed by atoms with Gasteiger partial charge in [-0.2, -0.15) is 0 Å². The Balaban J connectivity index is 1.52. The lowest BCUT2D eigenvalue weighted by molar-refractivity contribution is -0.135. The topological polar surface area (TPSA) is 68.1 Å². The van der Waals surface area contributed by atoms with E-state index < -0.39 is 0 Å². The molecule has 1 atom stereocenters. The molecule has 0 saturated carbocycles. The maximum Gasteiger partial charge on any atom is 0.262 e. The minimum atomic E-state index is -0.0511. The van der Waals surface area contributed by atoms with Crippen LogP contribution >= 0.6 is 22.7 Å². The number of piperidine rings is 1. The smallest absolute Gasteiger partial charge is 0.262 e. The summed E-state index contributed by atoms with van der Waals surface area (Å²) >= 11 is 3.15. The highest BCUT2D eigenvalue weighted by molar-refractivity contribution is 7.18. The van der Waals surface area contributed by atoms with Crippen LogP contribution in [0.4, 0.5) is 0 Å². The Kier molecular flexibility index (Phi) is 5.10. The molecule has 1 fully saturated rings. The van der Waals surface area contributed by atoms with E-state index in [0.29, 0.717) is 18.4 Å². The number of aromatic nitrogens is 3. The summed E-state index contributed by atoms with van der Waals surface area (Å²) in [6.45, 7) is 5.08. The molecule has 1 unspecified atom stereocenters. The predicted molar refractivity (Wildman–Crippen MR) is 108 cm³/mol. The molecule has 0 radical (unpaired) electrons. The number of hydrogen-bond acceptors (Lipinski definition) is 6. The summed E-state index contributed by atoms with van der Waals surface area (Å²) in [6, 6.07) is 0.0744. The average molecular weight is 403 g/mol. The fourth-order valence-electron chi connectivity index (χ4n) is 3.67. The highest BCUT2D eigenvalue weighted by atomic mass is 32.1. The molecular formula is C19H22N4O2S2. The number of carbonyl (C=O) groups is 1. The number of nitrogens with zero attached hydrogens (tertiary/aromatic N) is 4. The SMILES string of the molecule is Cc1sc2ncn(CCC(=O)N3CCCCC3c3nccs3)c(=O)c2c1C. The fraction of sp³-hybridized carbons (Fsp3) is 0.474. The van der Waals surface area contributed by atoms with Gasteiger partial charge >= 0.3 is 0 Å². The van der Waals surface area contributed by atoms with Crippen molar-refractivity contribution in [3.05, 3.63) is 43.7 Å². The Labute approximate surface area is 165 Å². The van der Waals surface area contributed by atoms with Gasteiger partial charge in [-0.05, 0) is 38.7 Å². The van der Waals surface area contributed by atoms with Crippen LogP contribution < -0.4 is 5.56 Å². The Morgan fingerprint density at radius 2 is 2.15 bits per heavy atom. The summed E-state index contributed by atoms with van der Waals surface area (Å²) in [5.41, 5.74) is 0.942. The summed E-state index contributed by atoms with van der Waals surface area (Å²) in [6.07, 6.45) is 6.77. The molecule has 3 aromatic rings. The van der Waals surface area contributed by atoms with Crippen molar-refractivity contribution in [3.63, 3.8) is 0 Å². The fourth-order valence-corrected chi connectivity index (χ4v) is 5.45. The molecule has 142 valence electrons. The molecule has 1 amide bonds.